The molecule has 0 bridgehead atoms. The molecule has 2 amide bonds. The van der Waals surface area contributed by atoms with Gasteiger partial charge in [-0.3, -0.25) is 14.6 Å². The van der Waals surface area contributed by atoms with E-state index in [9.17, 15) is 9.59 Å². The van der Waals surface area contributed by atoms with Crippen molar-refractivity contribution in [3.8, 4) is 0 Å². The first-order valence-electron chi connectivity index (χ1n) is 11.2. The summed E-state index contributed by atoms with van der Waals surface area (Å²) in [6.45, 7) is 10.1. The molecule has 2 aliphatic heterocycles. The Bertz CT molecular complexity index is 912. The Morgan fingerprint density at radius 3 is 2.35 bits per heavy atom. The number of hydrogen-bond acceptors (Lipinski definition) is 4. The normalized spacial score (nSPS) is 21.7. The molecule has 4 rings (SSSR count). The Hall–Kier alpha value is -2.73. The lowest BCUT2D eigenvalue weighted by molar-refractivity contribution is -0.119. The number of nitrogens with one attached hydrogen (secondary N) is 1. The van der Waals surface area contributed by atoms with Gasteiger partial charge < -0.3 is 15.1 Å². The number of benzene rings is 1. The average Bonchev–Trinajstić information content (AvgIpc) is 3.30. The highest BCUT2D eigenvalue weighted by molar-refractivity contribution is 5.96. The summed E-state index contributed by atoms with van der Waals surface area (Å²) in [5, 5.41) is 3.10. The maximum Gasteiger partial charge on any atom is 0.255 e. The van der Waals surface area contributed by atoms with E-state index in [2.05, 4.69) is 27.3 Å². The van der Waals surface area contributed by atoms with Crippen LogP contribution in [0, 0.1) is 25.7 Å². The lowest BCUT2D eigenvalue weighted by Gasteiger charge is -2.25. The molecule has 0 spiro atoms. The number of aromatic nitrogens is 1. The monoisotopic (exact) mass is 420 g/mol. The third-order valence-corrected chi connectivity index (χ3v) is 6.73. The van der Waals surface area contributed by atoms with Gasteiger partial charge in [0.2, 0.25) is 5.91 Å². The minimum absolute atomic E-state index is 0.00212. The fraction of sp³-hybridized carbons (Fsp3) is 0.480. The lowest BCUT2D eigenvalue weighted by atomic mass is 10.0. The van der Waals surface area contributed by atoms with Gasteiger partial charge in [-0.1, -0.05) is 30.3 Å². The van der Waals surface area contributed by atoms with Gasteiger partial charge in [-0.25, -0.2) is 0 Å². The minimum Gasteiger partial charge on any atom is -0.349 e. The number of amides is 2. The standard InChI is InChI=1S/C25H32N4O2/c1-17-9-11-26-18(2)24(17)25(31)29-15-21-13-28(14-22(21)16-29)12-10-23(27-19(3)30)20-7-5-4-6-8-20/h4-9,11,21-23H,10,12-16H2,1-3H3,(H,27,30)/t21?,22?,23-/m0/s1. The van der Waals surface area contributed by atoms with E-state index in [1.165, 1.54) is 0 Å². The second-order valence-corrected chi connectivity index (χ2v) is 9.03. The SMILES string of the molecule is CC(=O)N[C@@H](CCN1CC2CN(C(=O)c3c(C)ccnc3C)CC2C1)c1ccccc1. The van der Waals surface area contributed by atoms with Gasteiger partial charge in [0.05, 0.1) is 17.3 Å². The molecule has 0 radical (unpaired) electrons. The van der Waals surface area contributed by atoms with Crippen LogP contribution < -0.4 is 5.32 Å². The highest BCUT2D eigenvalue weighted by Gasteiger charge is 2.42. The summed E-state index contributed by atoms with van der Waals surface area (Å²) in [6, 6.07) is 12.1. The molecule has 31 heavy (non-hydrogen) atoms. The van der Waals surface area contributed by atoms with Crippen LogP contribution in [0.25, 0.3) is 0 Å². The second-order valence-electron chi connectivity index (χ2n) is 9.03. The number of fused-ring (bicyclic) bond motifs is 1. The number of rotatable bonds is 6. The molecule has 2 fully saturated rings. The second kappa shape index (κ2) is 9.18. The Kier molecular flexibility index (Phi) is 6.37. The van der Waals surface area contributed by atoms with Crippen molar-refractivity contribution in [2.45, 2.75) is 33.2 Å². The van der Waals surface area contributed by atoms with Crippen molar-refractivity contribution < 1.29 is 9.59 Å². The maximum atomic E-state index is 13.1. The van der Waals surface area contributed by atoms with E-state index in [1.54, 1.807) is 13.1 Å². The molecule has 164 valence electrons. The molecule has 0 saturated carbocycles. The molecular formula is C25H32N4O2. The topological polar surface area (TPSA) is 65.5 Å². The van der Waals surface area contributed by atoms with Crippen molar-refractivity contribution >= 4 is 11.8 Å². The van der Waals surface area contributed by atoms with Gasteiger partial charge in [0.15, 0.2) is 0 Å². The van der Waals surface area contributed by atoms with Gasteiger partial charge >= 0.3 is 0 Å². The van der Waals surface area contributed by atoms with Crippen LogP contribution >= 0.6 is 0 Å². The van der Waals surface area contributed by atoms with Gasteiger partial charge in [0.1, 0.15) is 0 Å². The maximum absolute atomic E-state index is 13.1. The highest BCUT2D eigenvalue weighted by Crippen LogP contribution is 2.33. The number of pyridine rings is 1. The van der Waals surface area contributed by atoms with E-state index in [0.717, 1.165) is 61.5 Å². The van der Waals surface area contributed by atoms with E-state index >= 15 is 0 Å². The zero-order chi connectivity index (χ0) is 22.0. The molecule has 1 aromatic carbocycles. The van der Waals surface area contributed by atoms with Crippen molar-refractivity contribution in [1.82, 2.24) is 20.1 Å². The number of aryl methyl sites for hydroxylation is 2. The summed E-state index contributed by atoms with van der Waals surface area (Å²) < 4.78 is 0. The quantitative estimate of drug-likeness (QED) is 0.780. The van der Waals surface area contributed by atoms with E-state index < -0.39 is 0 Å². The smallest absolute Gasteiger partial charge is 0.255 e. The number of nitrogens with zero attached hydrogens (tertiary/aromatic N) is 3. The van der Waals surface area contributed by atoms with Crippen LogP contribution in [-0.4, -0.2) is 59.3 Å². The van der Waals surface area contributed by atoms with E-state index in [1.807, 2.05) is 43.0 Å². The summed E-state index contributed by atoms with van der Waals surface area (Å²) >= 11 is 0. The van der Waals surface area contributed by atoms with E-state index in [0.29, 0.717) is 11.8 Å². The van der Waals surface area contributed by atoms with E-state index in [-0.39, 0.29) is 17.9 Å². The number of carbonyl (C=O) groups excluding carboxylic acids is 2. The number of hydrogen-bond donors (Lipinski definition) is 1. The van der Waals surface area contributed by atoms with Gasteiger partial charge in [0, 0.05) is 45.8 Å². The van der Waals surface area contributed by atoms with Crippen LogP contribution in [0.3, 0.4) is 0 Å². The average molecular weight is 421 g/mol. The highest BCUT2D eigenvalue weighted by atomic mass is 16.2. The van der Waals surface area contributed by atoms with Gasteiger partial charge in [-0.05, 0) is 49.3 Å². The minimum atomic E-state index is 0.00212. The zero-order valence-electron chi connectivity index (χ0n) is 18.7. The van der Waals surface area contributed by atoms with Gasteiger partial charge in [-0.2, -0.15) is 0 Å². The third kappa shape index (κ3) is 4.79. The molecule has 2 unspecified atom stereocenters. The predicted octanol–water partition coefficient (Wildman–Crippen LogP) is 2.97. The summed E-state index contributed by atoms with van der Waals surface area (Å²) in [4.78, 5) is 33.6. The Morgan fingerprint density at radius 2 is 1.74 bits per heavy atom. The largest absolute Gasteiger partial charge is 0.349 e. The molecule has 1 N–H and O–H groups in total. The molecule has 3 heterocycles. The Morgan fingerprint density at radius 1 is 1.06 bits per heavy atom. The van der Waals surface area contributed by atoms with Crippen LogP contribution in [0.15, 0.2) is 42.6 Å². The zero-order valence-corrected chi connectivity index (χ0v) is 18.7. The van der Waals surface area contributed by atoms with Crippen molar-refractivity contribution in [3.63, 3.8) is 0 Å². The molecule has 6 heteroatoms. The molecule has 2 aromatic rings. The van der Waals surface area contributed by atoms with Gasteiger partial charge in [-0.15, -0.1) is 0 Å². The van der Waals surface area contributed by atoms with E-state index in [4.69, 9.17) is 0 Å². The Balaban J connectivity index is 1.33. The fourth-order valence-corrected chi connectivity index (χ4v) is 5.18. The first kappa shape index (κ1) is 21.5. The molecule has 1 aromatic heterocycles. The lowest BCUT2D eigenvalue weighted by Crippen LogP contribution is -2.35. The first-order valence-corrected chi connectivity index (χ1v) is 11.2. The summed E-state index contributed by atoms with van der Waals surface area (Å²) in [6.07, 6.45) is 2.65. The van der Waals surface area contributed by atoms with Crippen LogP contribution in [0.2, 0.25) is 0 Å². The van der Waals surface area contributed by atoms with Crippen LogP contribution in [0.4, 0.5) is 0 Å². The van der Waals surface area contributed by atoms with Crippen LogP contribution in [0.1, 0.15) is 46.6 Å². The number of carbonyl (C=O) groups is 2. The van der Waals surface area contributed by atoms with Gasteiger partial charge in [0.25, 0.3) is 5.91 Å². The van der Waals surface area contributed by atoms with Crippen molar-refractivity contribution in [2.24, 2.45) is 11.8 Å². The summed E-state index contributed by atoms with van der Waals surface area (Å²) in [7, 11) is 0. The van der Waals surface area contributed by atoms with Crippen molar-refractivity contribution in [1.29, 1.82) is 0 Å². The van der Waals surface area contributed by atoms with Crippen molar-refractivity contribution in [2.75, 3.05) is 32.7 Å². The number of likely N-dealkylation sites (tertiary alicyclic amines) is 2. The summed E-state index contributed by atoms with van der Waals surface area (Å²) in [5.41, 5.74) is 3.73. The molecule has 2 aliphatic rings. The van der Waals surface area contributed by atoms with Crippen molar-refractivity contribution in [3.05, 3.63) is 65.0 Å². The molecular weight excluding hydrogens is 388 g/mol. The Labute approximate surface area is 184 Å². The van der Waals surface area contributed by atoms with Crippen LogP contribution in [0.5, 0.6) is 0 Å². The molecule has 3 atom stereocenters. The molecule has 6 nitrogen and oxygen atoms in total. The van der Waals surface area contributed by atoms with Crippen LogP contribution in [-0.2, 0) is 4.79 Å². The fourth-order valence-electron chi connectivity index (χ4n) is 5.18. The predicted molar refractivity (Wildman–Crippen MR) is 121 cm³/mol. The third-order valence-electron chi connectivity index (χ3n) is 6.73. The first-order chi connectivity index (χ1) is 14.9. The molecule has 0 aliphatic carbocycles. The molecule has 2 saturated heterocycles. The summed E-state index contributed by atoms with van der Waals surface area (Å²) in [5.74, 6) is 1.18.